The van der Waals surface area contributed by atoms with E-state index < -0.39 is 0 Å². The molecule has 3 aromatic heterocycles. The van der Waals surface area contributed by atoms with Crippen molar-refractivity contribution in [3.05, 3.63) is 74.0 Å². The van der Waals surface area contributed by atoms with Gasteiger partial charge in [-0.1, -0.05) is 29.6 Å². The monoisotopic (exact) mass is 604 g/mol. The molecular formula is C30H33ClN8O2S. The number of H-pyrrole nitrogens is 1. The maximum absolute atomic E-state index is 13.7. The summed E-state index contributed by atoms with van der Waals surface area (Å²) in [4.78, 5) is 38.0. The molecule has 218 valence electrons. The second-order valence-corrected chi connectivity index (χ2v) is 12.8. The lowest BCUT2D eigenvalue weighted by Crippen LogP contribution is -2.32. The number of pyridine rings is 1. The van der Waals surface area contributed by atoms with Crippen molar-refractivity contribution in [2.45, 2.75) is 44.6 Å². The fourth-order valence-corrected chi connectivity index (χ4v) is 7.02. The number of aromatic nitrogens is 5. The number of benzene rings is 1. The van der Waals surface area contributed by atoms with Crippen LogP contribution in [0, 0.1) is 18.8 Å². The Morgan fingerprint density at radius 1 is 1.17 bits per heavy atom. The molecule has 3 aliphatic rings. The SMILES string of the molecule is CSNC(=O)c1nc(Cl)ccc1NC(C)c1cc(C)cc2c(=O)n(C)c(N3CC4C(C3)C4c3cc(C4CC4)n[nH]3)nc12. The van der Waals surface area contributed by atoms with Crippen LogP contribution in [0.25, 0.3) is 10.9 Å². The number of carbonyl (C=O) groups is 1. The van der Waals surface area contributed by atoms with E-state index in [1.165, 1.54) is 36.2 Å². The van der Waals surface area contributed by atoms with Crippen molar-refractivity contribution in [3.63, 3.8) is 0 Å². The molecule has 12 heteroatoms. The van der Waals surface area contributed by atoms with E-state index in [0.717, 1.165) is 24.2 Å². The number of nitrogens with one attached hydrogen (secondary N) is 3. The molecule has 1 amide bonds. The number of anilines is 2. The summed E-state index contributed by atoms with van der Waals surface area (Å²) in [5.74, 6) is 2.57. The van der Waals surface area contributed by atoms with Gasteiger partial charge in [0.2, 0.25) is 5.95 Å². The minimum absolute atomic E-state index is 0.0693. The van der Waals surface area contributed by atoms with E-state index in [4.69, 9.17) is 16.6 Å². The third-order valence-corrected chi connectivity index (χ3v) is 9.49. The molecule has 3 N–H and O–H groups in total. The largest absolute Gasteiger partial charge is 0.377 e. The Labute approximate surface area is 252 Å². The lowest BCUT2D eigenvalue weighted by molar-refractivity contribution is 0.0980. The molecule has 1 aromatic carbocycles. The molecule has 0 radical (unpaired) electrons. The molecule has 2 aliphatic carbocycles. The Kier molecular flexibility index (Phi) is 6.69. The Hall–Kier alpha value is -3.57. The zero-order valence-electron chi connectivity index (χ0n) is 23.9. The zero-order valence-corrected chi connectivity index (χ0v) is 25.5. The van der Waals surface area contributed by atoms with Gasteiger partial charge in [-0.3, -0.25) is 24.0 Å². The highest BCUT2D eigenvalue weighted by Gasteiger charge is 2.57. The molecule has 3 unspecified atom stereocenters. The van der Waals surface area contributed by atoms with Crippen molar-refractivity contribution < 1.29 is 4.79 Å². The van der Waals surface area contributed by atoms with Crippen molar-refractivity contribution in [2.75, 3.05) is 29.6 Å². The first-order valence-electron chi connectivity index (χ1n) is 14.3. The van der Waals surface area contributed by atoms with Gasteiger partial charge in [-0.05, 0) is 68.4 Å². The first-order valence-corrected chi connectivity index (χ1v) is 15.9. The summed E-state index contributed by atoms with van der Waals surface area (Å²) in [5.41, 5.74) is 5.65. The normalized spacial score (nSPS) is 21.8. The standard InChI is InChI=1S/C30H33ClN8O2S/c1-14-9-17(15(2)32-21-7-8-24(31)33-27(21)28(40)37-42-4)26-18(10-14)29(41)38(3)30(34-26)39-12-19-20(13-39)25(19)23-11-22(35-36-23)16-5-6-16/h7-11,15-16,19-20,25,32H,5-6,12-13H2,1-4H3,(H,35,36)(H,37,40). The number of piperidine rings is 1. The lowest BCUT2D eigenvalue weighted by atomic mass is 10.0. The number of nitrogens with zero attached hydrogens (tertiary/aromatic N) is 5. The number of aromatic amines is 1. The van der Waals surface area contributed by atoms with Crippen LogP contribution in [-0.4, -0.2) is 50.0 Å². The van der Waals surface area contributed by atoms with Gasteiger partial charge in [-0.15, -0.1) is 0 Å². The van der Waals surface area contributed by atoms with Gasteiger partial charge in [-0.25, -0.2) is 9.97 Å². The molecule has 42 heavy (non-hydrogen) atoms. The second-order valence-electron chi connectivity index (χ2n) is 11.8. The highest BCUT2D eigenvalue weighted by atomic mass is 35.5. The summed E-state index contributed by atoms with van der Waals surface area (Å²) in [5, 5.41) is 12.1. The van der Waals surface area contributed by atoms with Crippen LogP contribution >= 0.6 is 23.5 Å². The average molecular weight is 605 g/mol. The van der Waals surface area contributed by atoms with Gasteiger partial charge in [0.25, 0.3) is 11.5 Å². The second kappa shape index (κ2) is 10.3. The van der Waals surface area contributed by atoms with Crippen LogP contribution in [0.4, 0.5) is 11.6 Å². The van der Waals surface area contributed by atoms with Crippen LogP contribution in [0.1, 0.15) is 70.6 Å². The van der Waals surface area contributed by atoms with Crippen LogP contribution in [0.5, 0.6) is 0 Å². The van der Waals surface area contributed by atoms with Crippen LogP contribution in [-0.2, 0) is 7.05 Å². The molecule has 0 spiro atoms. The van der Waals surface area contributed by atoms with E-state index in [1.807, 2.05) is 33.0 Å². The van der Waals surface area contributed by atoms with Gasteiger partial charge in [-0.2, -0.15) is 5.10 Å². The van der Waals surface area contributed by atoms with Gasteiger partial charge < -0.3 is 10.2 Å². The summed E-state index contributed by atoms with van der Waals surface area (Å²) < 4.78 is 4.39. The molecule has 4 heterocycles. The number of amides is 1. The van der Waals surface area contributed by atoms with Crippen molar-refractivity contribution in [1.82, 2.24) is 29.5 Å². The maximum atomic E-state index is 13.7. The van der Waals surface area contributed by atoms with Crippen LogP contribution < -0.4 is 20.5 Å². The Balaban J connectivity index is 1.18. The number of hydrogen-bond donors (Lipinski definition) is 3. The molecule has 7 rings (SSSR count). The van der Waals surface area contributed by atoms with Gasteiger partial charge in [0.05, 0.1) is 28.3 Å². The van der Waals surface area contributed by atoms with Crippen molar-refractivity contribution >= 4 is 52.0 Å². The number of aryl methyl sites for hydroxylation is 1. The highest BCUT2D eigenvalue weighted by molar-refractivity contribution is 7.97. The van der Waals surface area contributed by atoms with E-state index in [2.05, 4.69) is 36.2 Å². The molecule has 1 saturated heterocycles. The first kappa shape index (κ1) is 27.3. The zero-order chi connectivity index (χ0) is 29.3. The lowest BCUT2D eigenvalue weighted by Gasteiger charge is -2.25. The summed E-state index contributed by atoms with van der Waals surface area (Å²) in [6.07, 6.45) is 4.27. The summed E-state index contributed by atoms with van der Waals surface area (Å²) >= 11 is 7.31. The molecule has 3 atom stereocenters. The van der Waals surface area contributed by atoms with Crippen LogP contribution in [0.3, 0.4) is 0 Å². The molecule has 3 fully saturated rings. The Morgan fingerprint density at radius 3 is 2.64 bits per heavy atom. The van der Waals surface area contributed by atoms with Crippen LogP contribution in [0.15, 0.2) is 35.1 Å². The van der Waals surface area contributed by atoms with Crippen molar-refractivity contribution in [1.29, 1.82) is 0 Å². The number of halogens is 1. The van der Waals surface area contributed by atoms with E-state index in [1.54, 1.807) is 23.0 Å². The predicted molar refractivity (Wildman–Crippen MR) is 166 cm³/mol. The van der Waals surface area contributed by atoms with E-state index in [0.29, 0.717) is 46.2 Å². The van der Waals surface area contributed by atoms with Gasteiger partial charge in [0.1, 0.15) is 5.15 Å². The fraction of sp³-hybridized carbons (Fsp3) is 0.433. The topological polar surface area (TPSA) is 121 Å². The summed E-state index contributed by atoms with van der Waals surface area (Å²) in [6, 6.07) is 9.34. The third kappa shape index (κ3) is 4.72. The quantitative estimate of drug-likeness (QED) is 0.191. The number of rotatable bonds is 8. The van der Waals surface area contributed by atoms with Crippen molar-refractivity contribution in [2.24, 2.45) is 18.9 Å². The average Bonchev–Trinajstić information content (AvgIpc) is 3.83. The van der Waals surface area contributed by atoms with Crippen molar-refractivity contribution in [3.8, 4) is 0 Å². The molecular weight excluding hydrogens is 572 g/mol. The third-order valence-electron chi connectivity index (χ3n) is 8.89. The molecule has 4 aromatic rings. The molecule has 1 aliphatic heterocycles. The number of carbonyl (C=O) groups excluding carboxylic acids is 1. The summed E-state index contributed by atoms with van der Waals surface area (Å²) in [6.45, 7) is 5.69. The number of fused-ring (bicyclic) bond motifs is 2. The van der Waals surface area contributed by atoms with Gasteiger partial charge in [0, 0.05) is 49.5 Å². The van der Waals surface area contributed by atoms with Crippen LogP contribution in [0.2, 0.25) is 5.15 Å². The number of hydrogen-bond acceptors (Lipinski definition) is 8. The first-order chi connectivity index (χ1) is 20.2. The minimum atomic E-state index is -0.340. The maximum Gasteiger partial charge on any atom is 0.281 e. The highest BCUT2D eigenvalue weighted by Crippen LogP contribution is 2.58. The molecule has 0 bridgehead atoms. The van der Waals surface area contributed by atoms with E-state index >= 15 is 0 Å². The van der Waals surface area contributed by atoms with E-state index in [-0.39, 0.29) is 28.4 Å². The minimum Gasteiger partial charge on any atom is -0.377 e. The van der Waals surface area contributed by atoms with Gasteiger partial charge >= 0.3 is 0 Å². The fourth-order valence-electron chi connectivity index (χ4n) is 6.59. The molecule has 2 saturated carbocycles. The smallest absolute Gasteiger partial charge is 0.281 e. The van der Waals surface area contributed by atoms with E-state index in [9.17, 15) is 9.59 Å². The Morgan fingerprint density at radius 2 is 1.93 bits per heavy atom. The summed E-state index contributed by atoms with van der Waals surface area (Å²) in [7, 11) is 1.81. The van der Waals surface area contributed by atoms with Gasteiger partial charge in [0.15, 0.2) is 5.69 Å². The predicted octanol–water partition coefficient (Wildman–Crippen LogP) is 4.92. The Bertz CT molecular complexity index is 1770. The molecule has 10 nitrogen and oxygen atoms in total.